The van der Waals surface area contributed by atoms with Crippen LogP contribution in [0, 0.1) is 11.7 Å². The number of anilines is 3. The number of imide groups is 1. The molecule has 6 aromatic rings. The summed E-state index contributed by atoms with van der Waals surface area (Å²) in [6.45, 7) is 16.0. The fourth-order valence-corrected chi connectivity index (χ4v) is 8.95. The van der Waals surface area contributed by atoms with Gasteiger partial charge in [0.25, 0.3) is 0 Å². The van der Waals surface area contributed by atoms with Crippen molar-refractivity contribution in [3.63, 3.8) is 0 Å². The van der Waals surface area contributed by atoms with Crippen LogP contribution in [0.15, 0.2) is 77.7 Å². The van der Waals surface area contributed by atoms with Crippen LogP contribution in [0.4, 0.5) is 26.4 Å². The van der Waals surface area contributed by atoms with Crippen LogP contribution < -0.4 is 25.3 Å². The molecule has 0 radical (unpaired) electrons. The zero-order valence-corrected chi connectivity index (χ0v) is 36.8. The van der Waals surface area contributed by atoms with Crippen LogP contribution in [0.3, 0.4) is 0 Å². The Morgan fingerprint density at radius 1 is 0.938 bits per heavy atom. The summed E-state index contributed by atoms with van der Waals surface area (Å²) in [5.41, 5.74) is 5.38. The van der Waals surface area contributed by atoms with Gasteiger partial charge in [0.1, 0.15) is 23.6 Å². The second kappa shape index (κ2) is 17.4. The molecule has 9 rings (SSSR count). The Hall–Kier alpha value is -6.75. The van der Waals surface area contributed by atoms with E-state index in [2.05, 4.69) is 81.6 Å². The van der Waals surface area contributed by atoms with E-state index in [4.69, 9.17) is 9.51 Å². The van der Waals surface area contributed by atoms with Gasteiger partial charge in [-0.25, -0.2) is 24.1 Å². The summed E-state index contributed by atoms with van der Waals surface area (Å²) in [6.07, 6.45) is 5.90. The van der Waals surface area contributed by atoms with Crippen LogP contribution in [0.2, 0.25) is 0 Å². The molecule has 2 aromatic carbocycles. The lowest BCUT2D eigenvalue weighted by molar-refractivity contribution is -0.120. The first kappa shape index (κ1) is 42.5. The van der Waals surface area contributed by atoms with E-state index in [1.165, 1.54) is 12.4 Å². The van der Waals surface area contributed by atoms with E-state index in [1.807, 2.05) is 45.2 Å². The average molecular weight is 869 g/mol. The van der Waals surface area contributed by atoms with E-state index in [0.717, 1.165) is 85.9 Å². The number of nitrogens with one attached hydrogen (secondary N) is 3. The number of hydrogen-bond acceptors (Lipinski definition) is 12. The lowest BCUT2D eigenvalue weighted by Crippen LogP contribution is -2.53. The Labute approximate surface area is 370 Å². The molecule has 3 aliphatic heterocycles. The summed E-state index contributed by atoms with van der Waals surface area (Å²) >= 11 is 0. The summed E-state index contributed by atoms with van der Waals surface area (Å²) in [5, 5.41) is 9.80. The van der Waals surface area contributed by atoms with Crippen LogP contribution >= 0.6 is 0 Å². The largest absolute Gasteiger partial charge is 0.372 e. The van der Waals surface area contributed by atoms with E-state index in [9.17, 15) is 14.4 Å². The van der Waals surface area contributed by atoms with Gasteiger partial charge in [0, 0.05) is 109 Å². The number of carbonyl (C=O) groups excluding carboxylic acids is 3. The van der Waals surface area contributed by atoms with Crippen LogP contribution in [-0.2, 0) is 10.2 Å². The number of pyridine rings is 1. The third-order valence-electron chi connectivity index (χ3n) is 12.6. The minimum absolute atomic E-state index is 0.173. The normalized spacial score (nSPS) is 18.4. The van der Waals surface area contributed by atoms with Crippen molar-refractivity contribution in [2.45, 2.75) is 71.4 Å². The standard InChI is InChI=1S/C47H53FN12O4/c1-28-25-57(26-30-14-17-58(18-15-30)33-8-10-34(11-9-33)60-19-16-40(61)54-46(60)63)20-21-59(28)39-13-7-32(24-49-39)38-23-36-41(50-27-51-42(36)53-38)31-6-12-35(37(48)22-31)29(2)52-43(62)44-55-45(56-64-44)47(3,4)5/h6-13,22-24,27-30H,14-21,25-26H2,1-5H3,(H,52,62)(H,50,51,53)(H,54,61,63)/t28-,29?/m0/s1. The number of H-pyrrole nitrogens is 1. The third-order valence-corrected chi connectivity index (χ3v) is 12.6. The van der Waals surface area contributed by atoms with Gasteiger partial charge in [0.05, 0.1) is 11.7 Å². The smallest absolute Gasteiger partial charge is 0.328 e. The molecule has 3 fully saturated rings. The Balaban J connectivity index is 0.782. The molecule has 332 valence electrons. The number of piperazine rings is 1. The highest BCUT2D eigenvalue weighted by Crippen LogP contribution is 2.33. The topological polar surface area (TPSA) is 182 Å². The number of nitrogens with zero attached hydrogens (tertiary/aromatic N) is 9. The predicted octanol–water partition coefficient (Wildman–Crippen LogP) is 6.87. The molecule has 16 nitrogen and oxygen atoms in total. The van der Waals surface area contributed by atoms with E-state index in [1.54, 1.807) is 24.0 Å². The van der Waals surface area contributed by atoms with E-state index < -0.39 is 17.8 Å². The van der Waals surface area contributed by atoms with Crippen LogP contribution in [0.1, 0.15) is 82.0 Å². The molecule has 3 aliphatic rings. The van der Waals surface area contributed by atoms with Crippen LogP contribution in [0.5, 0.6) is 0 Å². The Bertz CT molecular complexity index is 2670. The minimum Gasteiger partial charge on any atom is -0.372 e. The van der Waals surface area contributed by atoms with Crippen molar-refractivity contribution in [3.8, 4) is 22.5 Å². The summed E-state index contributed by atoms with van der Waals surface area (Å²) in [6, 6.07) is 18.3. The summed E-state index contributed by atoms with van der Waals surface area (Å²) < 4.78 is 20.8. The van der Waals surface area contributed by atoms with E-state index in [0.29, 0.717) is 53.2 Å². The molecular weight excluding hydrogens is 816 g/mol. The van der Waals surface area contributed by atoms with Gasteiger partial charge < -0.3 is 24.6 Å². The number of rotatable bonds is 10. The first-order chi connectivity index (χ1) is 30.8. The molecule has 1 unspecified atom stereocenters. The van der Waals surface area contributed by atoms with Crippen molar-refractivity contribution >= 4 is 46.1 Å². The minimum atomic E-state index is -0.667. The monoisotopic (exact) mass is 868 g/mol. The first-order valence-electron chi connectivity index (χ1n) is 22.0. The number of aromatic amines is 1. The van der Waals surface area contributed by atoms with Crippen molar-refractivity contribution in [2.24, 2.45) is 5.92 Å². The quantitative estimate of drug-likeness (QED) is 0.130. The second-order valence-electron chi connectivity index (χ2n) is 18.2. The zero-order valence-electron chi connectivity index (χ0n) is 36.8. The van der Waals surface area contributed by atoms with Crippen molar-refractivity contribution in [3.05, 3.63) is 96.3 Å². The number of piperidine rings is 1. The van der Waals surface area contributed by atoms with Crippen molar-refractivity contribution in [1.29, 1.82) is 0 Å². The maximum atomic E-state index is 15.7. The Kier molecular flexibility index (Phi) is 11.6. The lowest BCUT2D eigenvalue weighted by Gasteiger charge is -2.43. The van der Waals surface area contributed by atoms with Gasteiger partial charge in [-0.15, -0.1) is 0 Å². The fraction of sp³-hybridized carbons (Fsp3) is 0.404. The second-order valence-corrected chi connectivity index (χ2v) is 18.2. The van der Waals surface area contributed by atoms with Gasteiger partial charge in [-0.1, -0.05) is 38.1 Å². The van der Waals surface area contributed by atoms with Crippen molar-refractivity contribution in [1.82, 2.24) is 45.6 Å². The highest BCUT2D eigenvalue weighted by Gasteiger charge is 2.30. The predicted molar refractivity (Wildman–Crippen MR) is 242 cm³/mol. The molecule has 64 heavy (non-hydrogen) atoms. The number of aromatic nitrogens is 6. The molecule has 2 atom stereocenters. The number of halogens is 1. The van der Waals surface area contributed by atoms with Gasteiger partial charge in [-0.05, 0) is 81.1 Å². The molecule has 0 aliphatic carbocycles. The first-order valence-corrected chi connectivity index (χ1v) is 22.0. The molecule has 7 heterocycles. The number of urea groups is 1. The van der Waals surface area contributed by atoms with Gasteiger partial charge in [0.15, 0.2) is 5.82 Å². The molecule has 3 saturated heterocycles. The number of fused-ring (bicyclic) bond motifs is 1. The molecule has 4 aromatic heterocycles. The van der Waals surface area contributed by atoms with Gasteiger partial charge in [-0.3, -0.25) is 24.7 Å². The van der Waals surface area contributed by atoms with Crippen molar-refractivity contribution in [2.75, 3.05) is 60.5 Å². The molecule has 0 bridgehead atoms. The molecule has 3 N–H and O–H groups in total. The number of amides is 4. The summed E-state index contributed by atoms with van der Waals surface area (Å²) in [4.78, 5) is 67.1. The fourth-order valence-electron chi connectivity index (χ4n) is 8.95. The molecular formula is C47H53FN12O4. The molecule has 0 saturated carbocycles. The number of benzene rings is 2. The average Bonchev–Trinajstić information content (AvgIpc) is 3.97. The SMILES string of the molecule is CC(NC(=O)c1nc(C(C)(C)C)no1)c1ccc(-c2ncnc3[nH]c(-c4ccc(N5CCN(CC6CCN(c7ccc(N8CCC(=O)NC8=O)cc7)CC6)C[C@@H]5C)nc4)cc23)cc1F. The lowest BCUT2D eigenvalue weighted by atomic mass is 9.95. The van der Waals surface area contributed by atoms with Gasteiger partial charge >= 0.3 is 17.8 Å². The Morgan fingerprint density at radius 2 is 1.70 bits per heavy atom. The number of carbonyl (C=O) groups is 3. The van der Waals surface area contributed by atoms with Crippen LogP contribution in [0.25, 0.3) is 33.5 Å². The highest BCUT2D eigenvalue weighted by molar-refractivity contribution is 6.05. The highest BCUT2D eigenvalue weighted by atomic mass is 19.1. The molecule has 4 amide bonds. The van der Waals surface area contributed by atoms with Gasteiger partial charge in [0.2, 0.25) is 5.91 Å². The number of hydrogen-bond donors (Lipinski definition) is 3. The van der Waals surface area contributed by atoms with E-state index in [-0.39, 0.29) is 23.2 Å². The van der Waals surface area contributed by atoms with Crippen molar-refractivity contribution < 1.29 is 23.3 Å². The maximum absolute atomic E-state index is 15.7. The van der Waals surface area contributed by atoms with Crippen LogP contribution in [-0.4, -0.2) is 105 Å². The third kappa shape index (κ3) is 8.89. The zero-order chi connectivity index (χ0) is 44.7. The molecule has 17 heteroatoms. The molecule has 0 spiro atoms. The maximum Gasteiger partial charge on any atom is 0.328 e. The Morgan fingerprint density at radius 3 is 2.39 bits per heavy atom. The summed E-state index contributed by atoms with van der Waals surface area (Å²) in [5.74, 6) is 0.517. The van der Waals surface area contributed by atoms with E-state index >= 15 is 4.39 Å². The van der Waals surface area contributed by atoms with Gasteiger partial charge in [-0.2, -0.15) is 4.98 Å². The summed E-state index contributed by atoms with van der Waals surface area (Å²) in [7, 11) is 0.